The lowest BCUT2D eigenvalue weighted by atomic mass is 10.1. The van der Waals surface area contributed by atoms with Crippen molar-refractivity contribution in [3.8, 4) is 0 Å². The van der Waals surface area contributed by atoms with Crippen LogP contribution in [0.25, 0.3) is 0 Å². The highest BCUT2D eigenvalue weighted by Crippen LogP contribution is 2.36. The van der Waals surface area contributed by atoms with Crippen LogP contribution in [0.4, 0.5) is 17.1 Å². The predicted octanol–water partition coefficient (Wildman–Crippen LogP) is 5.93. The molecule has 0 aliphatic carbocycles. The summed E-state index contributed by atoms with van der Waals surface area (Å²) in [6.07, 6.45) is 0.136. The molecule has 0 atom stereocenters. The van der Waals surface area contributed by atoms with Crippen molar-refractivity contribution in [1.82, 2.24) is 0 Å². The fraction of sp³-hybridized carbons (Fsp3) is 0.208. The first-order chi connectivity index (χ1) is 14.8. The molecule has 0 bridgehead atoms. The Labute approximate surface area is 193 Å². The number of benzene rings is 2. The molecular weight excluding hydrogens is 474 g/mol. The van der Waals surface area contributed by atoms with Gasteiger partial charge in [0.05, 0.1) is 32.2 Å². The van der Waals surface area contributed by atoms with Gasteiger partial charge in [0.15, 0.2) is 0 Å². The number of thiophene rings is 1. The summed E-state index contributed by atoms with van der Waals surface area (Å²) in [5.74, 6) is -0.389. The predicted molar refractivity (Wildman–Crippen MR) is 131 cm³/mol. The lowest BCUT2D eigenvalue weighted by Crippen LogP contribution is -2.38. The van der Waals surface area contributed by atoms with Gasteiger partial charge >= 0.3 is 0 Å². The molecule has 31 heavy (non-hydrogen) atoms. The zero-order valence-electron chi connectivity index (χ0n) is 17.5. The second-order valence-electron chi connectivity index (χ2n) is 7.61. The molecule has 4 rings (SSSR count). The zero-order chi connectivity index (χ0) is 22.1. The van der Waals surface area contributed by atoms with Gasteiger partial charge in [-0.05, 0) is 83.7 Å². The number of carbonyl (C=O) groups is 2. The summed E-state index contributed by atoms with van der Waals surface area (Å²) >= 11 is 5.03. The molecule has 2 heterocycles. The largest absolute Gasteiger partial charge is 0.324 e. The second kappa shape index (κ2) is 8.77. The minimum atomic E-state index is -0.242. The van der Waals surface area contributed by atoms with Gasteiger partial charge in [0.2, 0.25) is 11.8 Å². The number of amides is 2. The van der Waals surface area contributed by atoms with Crippen LogP contribution in [0.5, 0.6) is 0 Å². The smallest absolute Gasteiger partial charge is 0.244 e. The molecule has 1 aromatic heterocycles. The van der Waals surface area contributed by atoms with Crippen LogP contribution in [-0.2, 0) is 9.59 Å². The topological polar surface area (TPSA) is 61.8 Å². The first-order valence-electron chi connectivity index (χ1n) is 9.92. The van der Waals surface area contributed by atoms with E-state index in [1.54, 1.807) is 16.2 Å². The molecule has 5 nitrogen and oxygen atoms in total. The van der Waals surface area contributed by atoms with Gasteiger partial charge in [-0.25, -0.2) is 4.99 Å². The summed E-state index contributed by atoms with van der Waals surface area (Å²) < 4.78 is 0.983. The molecule has 158 valence electrons. The number of hydrogen-bond donors (Lipinski definition) is 1. The molecule has 0 spiro atoms. The maximum Gasteiger partial charge on any atom is 0.244 e. The van der Waals surface area contributed by atoms with E-state index < -0.39 is 0 Å². The average molecular weight is 496 g/mol. The van der Waals surface area contributed by atoms with Crippen molar-refractivity contribution < 1.29 is 9.59 Å². The quantitative estimate of drug-likeness (QED) is 0.487. The first kappa shape index (κ1) is 21.5. The number of aliphatic imine (C=N–C) groups is 1. The van der Waals surface area contributed by atoms with Gasteiger partial charge in [0.1, 0.15) is 6.54 Å². The molecule has 2 aromatic carbocycles. The van der Waals surface area contributed by atoms with Crippen molar-refractivity contribution in [2.24, 2.45) is 4.99 Å². The number of fused-ring (bicyclic) bond motifs is 1. The Hall–Kier alpha value is -2.77. The number of halogens is 1. The Balaban J connectivity index is 1.69. The summed E-state index contributed by atoms with van der Waals surface area (Å²) in [6, 6.07) is 15.4. The summed E-state index contributed by atoms with van der Waals surface area (Å²) in [5.41, 5.74) is 5.94. The highest BCUT2D eigenvalue weighted by atomic mass is 79.9. The normalized spacial score (nSPS) is 13.5. The number of anilines is 2. The number of aryl methyl sites for hydroxylation is 3. The van der Waals surface area contributed by atoms with Crippen LogP contribution in [0.2, 0.25) is 0 Å². The van der Waals surface area contributed by atoms with E-state index in [1.807, 2.05) is 69.3 Å². The third-order valence-electron chi connectivity index (χ3n) is 5.34. The van der Waals surface area contributed by atoms with Gasteiger partial charge in [-0.2, -0.15) is 0 Å². The van der Waals surface area contributed by atoms with Crippen molar-refractivity contribution in [3.05, 3.63) is 73.9 Å². The van der Waals surface area contributed by atoms with Crippen molar-refractivity contribution >= 4 is 61.9 Å². The monoisotopic (exact) mass is 495 g/mol. The van der Waals surface area contributed by atoms with E-state index in [9.17, 15) is 9.59 Å². The number of nitrogens with zero attached hydrogens (tertiary/aromatic N) is 2. The van der Waals surface area contributed by atoms with E-state index in [1.165, 1.54) is 0 Å². The van der Waals surface area contributed by atoms with E-state index in [0.717, 1.165) is 31.0 Å². The number of rotatable bonds is 4. The number of carbonyl (C=O) groups excluding carboxylic acids is 2. The van der Waals surface area contributed by atoms with Crippen LogP contribution in [0.3, 0.4) is 0 Å². The molecule has 0 fully saturated rings. The van der Waals surface area contributed by atoms with Gasteiger partial charge in [0, 0.05) is 5.69 Å². The highest BCUT2D eigenvalue weighted by molar-refractivity contribution is 9.11. The Morgan fingerprint density at radius 2 is 1.84 bits per heavy atom. The molecule has 0 saturated heterocycles. The summed E-state index contributed by atoms with van der Waals surface area (Å²) in [5, 5.41) is 2.93. The van der Waals surface area contributed by atoms with Crippen LogP contribution >= 0.6 is 27.3 Å². The molecule has 7 heteroatoms. The highest BCUT2D eigenvalue weighted by Gasteiger charge is 2.28. The van der Waals surface area contributed by atoms with Gasteiger partial charge < -0.3 is 10.2 Å². The van der Waals surface area contributed by atoms with Gasteiger partial charge in [-0.15, -0.1) is 11.3 Å². The van der Waals surface area contributed by atoms with Gasteiger partial charge in [0.25, 0.3) is 0 Å². The van der Waals surface area contributed by atoms with Crippen LogP contribution < -0.4 is 10.2 Å². The van der Waals surface area contributed by atoms with Crippen molar-refractivity contribution in [2.75, 3.05) is 16.8 Å². The lowest BCUT2D eigenvalue weighted by molar-refractivity contribution is -0.120. The van der Waals surface area contributed by atoms with Gasteiger partial charge in [-0.1, -0.05) is 18.2 Å². The summed E-state index contributed by atoms with van der Waals surface area (Å²) in [4.78, 5) is 33.5. The SMILES string of the molecule is Cc1cc2c(cc1C)N(CC(=O)Nc1ccccc1C)C(=O)CC(c1ccc(Br)s1)=N2. The zero-order valence-corrected chi connectivity index (χ0v) is 19.9. The molecule has 0 saturated carbocycles. The standard InChI is InChI=1S/C24H22BrN3O2S/c1-14-6-4-5-7-17(14)27-23(29)13-28-20-11-16(3)15(2)10-18(20)26-19(12-24(28)30)21-8-9-22(25)31-21/h4-11H,12-13H2,1-3H3,(H,27,29). The van der Waals surface area contributed by atoms with Gasteiger partial charge in [-0.3, -0.25) is 9.59 Å². The minimum Gasteiger partial charge on any atom is -0.324 e. The molecule has 1 aliphatic rings. The molecule has 0 radical (unpaired) electrons. The van der Waals surface area contributed by atoms with Crippen LogP contribution in [0.15, 0.2) is 57.3 Å². The molecular formula is C24H22BrN3O2S. The van der Waals surface area contributed by atoms with Crippen LogP contribution in [-0.4, -0.2) is 24.1 Å². The minimum absolute atomic E-state index is 0.0698. The Bertz CT molecular complexity index is 1220. The Morgan fingerprint density at radius 3 is 2.55 bits per heavy atom. The van der Waals surface area contributed by atoms with E-state index in [4.69, 9.17) is 4.99 Å². The third-order valence-corrected chi connectivity index (χ3v) is 7.01. The fourth-order valence-electron chi connectivity index (χ4n) is 3.48. The molecule has 3 aromatic rings. The van der Waals surface area contributed by atoms with Crippen LogP contribution in [0, 0.1) is 20.8 Å². The number of para-hydroxylation sites is 1. The maximum atomic E-state index is 13.3. The first-order valence-corrected chi connectivity index (χ1v) is 11.5. The van der Waals surface area contributed by atoms with E-state index in [-0.39, 0.29) is 24.8 Å². The summed E-state index contributed by atoms with van der Waals surface area (Å²) in [6.45, 7) is 5.89. The van der Waals surface area contributed by atoms with E-state index in [2.05, 4.69) is 21.2 Å². The number of nitrogens with one attached hydrogen (secondary N) is 1. The fourth-order valence-corrected chi connectivity index (χ4v) is 4.85. The molecule has 1 N–H and O–H groups in total. The second-order valence-corrected chi connectivity index (χ2v) is 10.1. The van der Waals surface area contributed by atoms with E-state index >= 15 is 0 Å². The maximum absolute atomic E-state index is 13.3. The van der Waals surface area contributed by atoms with Crippen molar-refractivity contribution in [1.29, 1.82) is 0 Å². The van der Waals surface area contributed by atoms with Crippen molar-refractivity contribution in [2.45, 2.75) is 27.2 Å². The summed E-state index contributed by atoms with van der Waals surface area (Å²) in [7, 11) is 0. The molecule has 0 unspecified atom stereocenters. The average Bonchev–Trinajstić information content (AvgIpc) is 3.11. The van der Waals surface area contributed by atoms with Crippen molar-refractivity contribution in [3.63, 3.8) is 0 Å². The third kappa shape index (κ3) is 4.62. The molecule has 1 aliphatic heterocycles. The molecule has 2 amide bonds. The Morgan fingerprint density at radius 1 is 1.10 bits per heavy atom. The lowest BCUT2D eigenvalue weighted by Gasteiger charge is -2.23. The number of hydrogen-bond acceptors (Lipinski definition) is 4. The van der Waals surface area contributed by atoms with Crippen LogP contribution in [0.1, 0.15) is 28.0 Å². The van der Waals surface area contributed by atoms with E-state index in [0.29, 0.717) is 17.1 Å². The Kier molecular flexibility index (Phi) is 6.07.